The molecule has 0 aromatic rings. The first-order valence-electron chi connectivity index (χ1n) is 27.7. The van der Waals surface area contributed by atoms with Crippen LogP contribution < -0.4 is 10.6 Å². The molecule has 0 radical (unpaired) electrons. The third-order valence-electron chi connectivity index (χ3n) is 15.5. The Hall–Kier alpha value is -4.94. The van der Waals surface area contributed by atoms with E-state index in [9.17, 15) is 43.5 Å². The minimum atomic E-state index is -2.17. The van der Waals surface area contributed by atoms with E-state index in [0.29, 0.717) is 76.2 Å². The van der Waals surface area contributed by atoms with Gasteiger partial charge in [-0.2, -0.15) is 0 Å². The van der Waals surface area contributed by atoms with Gasteiger partial charge in [-0.25, -0.2) is 9.59 Å². The number of piperidine rings is 2. The van der Waals surface area contributed by atoms with Crippen LogP contribution in [0.3, 0.4) is 0 Å². The molecule has 0 saturated carbocycles. The Kier molecular flexibility index (Phi) is 27.7. The molecule has 4 aliphatic heterocycles. The highest BCUT2D eigenvalue weighted by atomic mass is 28.4. The summed E-state index contributed by atoms with van der Waals surface area (Å²) in [4.78, 5) is 98.1. The summed E-state index contributed by atoms with van der Waals surface area (Å²) >= 11 is 0. The maximum Gasteiger partial charge on any atom is 0.331 e. The molecule has 4 amide bonds. The van der Waals surface area contributed by atoms with Gasteiger partial charge in [-0.3, -0.25) is 39.4 Å². The normalized spacial score (nSPS) is 30.1. The van der Waals surface area contributed by atoms with Crippen molar-refractivity contribution in [2.75, 3.05) is 14.2 Å². The quantitative estimate of drug-likeness (QED) is 0.0567. The number of cyclic esters (lactones) is 2. The number of imide groups is 2. The molecule has 4 aliphatic rings. The Morgan fingerprint density at radius 1 is 0.649 bits per heavy atom. The zero-order valence-electron chi connectivity index (χ0n) is 48.4. The SMILES string of the molecule is CO[C@H]1/C=C/CC/C=C/C(=O)OC([C@H](C)C(=O)CCCC2CC(=O)NC(=O)C2)/C(C)=C\[C@@H](C)[C@@H]1O.CO[C@H]1/C=C/CC/C=C/C(=O)OC([C@H](C)C(=O)CCCC2CC(=O)NC(=O)C2)/C(C)=C\[C@@H](C)[C@@H]1O[Si](C)(C)C(C)(C)C. The number of carbonyl (C=O) groups excluding carboxylic acids is 8. The van der Waals surface area contributed by atoms with Crippen LogP contribution >= 0.6 is 0 Å². The van der Waals surface area contributed by atoms with Crippen molar-refractivity contribution in [2.45, 2.75) is 207 Å². The van der Waals surface area contributed by atoms with Crippen LogP contribution in [0.4, 0.5) is 0 Å². The Morgan fingerprint density at radius 2 is 1.03 bits per heavy atom. The van der Waals surface area contributed by atoms with Crippen LogP contribution in [0, 0.1) is 35.5 Å². The highest BCUT2D eigenvalue weighted by molar-refractivity contribution is 6.74. The van der Waals surface area contributed by atoms with Gasteiger partial charge in [-0.15, -0.1) is 0 Å². The molecule has 0 aromatic carbocycles. The van der Waals surface area contributed by atoms with E-state index in [1.165, 1.54) is 12.2 Å². The number of amides is 4. The molecule has 430 valence electrons. The van der Waals surface area contributed by atoms with E-state index in [1.54, 1.807) is 47.1 Å². The molecule has 4 rings (SSSR count). The molecular weight excluding hydrogens is 1000 g/mol. The van der Waals surface area contributed by atoms with Gasteiger partial charge in [-0.05, 0) is 106 Å². The summed E-state index contributed by atoms with van der Waals surface area (Å²) in [5.41, 5.74) is 1.48. The number of esters is 2. The van der Waals surface area contributed by atoms with Crippen LogP contribution in [0.25, 0.3) is 0 Å². The molecule has 3 N–H and O–H groups in total. The smallest absolute Gasteiger partial charge is 0.331 e. The fourth-order valence-electron chi connectivity index (χ4n) is 9.91. The predicted octanol–water partition coefficient (Wildman–Crippen LogP) is 9.41. The lowest BCUT2D eigenvalue weighted by atomic mass is 9.86. The van der Waals surface area contributed by atoms with Gasteiger partial charge in [0, 0.05) is 76.7 Å². The van der Waals surface area contributed by atoms with Crippen molar-refractivity contribution in [1.29, 1.82) is 0 Å². The minimum absolute atomic E-state index is 0.00504. The highest BCUT2D eigenvalue weighted by Gasteiger charge is 2.42. The van der Waals surface area contributed by atoms with Crippen molar-refractivity contribution in [3.05, 3.63) is 71.9 Å². The second-order valence-electron chi connectivity index (χ2n) is 23.1. The minimum Gasteiger partial charge on any atom is -0.454 e. The van der Waals surface area contributed by atoms with Gasteiger partial charge in [0.05, 0.1) is 24.0 Å². The molecule has 2 unspecified atom stereocenters. The van der Waals surface area contributed by atoms with Crippen molar-refractivity contribution in [3.63, 3.8) is 0 Å². The van der Waals surface area contributed by atoms with E-state index in [4.69, 9.17) is 23.4 Å². The van der Waals surface area contributed by atoms with Crippen molar-refractivity contribution in [3.8, 4) is 0 Å². The number of ether oxygens (including phenoxy) is 4. The first kappa shape index (κ1) is 66.3. The number of rotatable bonds is 16. The lowest BCUT2D eigenvalue weighted by molar-refractivity contribution is -0.147. The van der Waals surface area contributed by atoms with Crippen LogP contribution in [0.2, 0.25) is 18.1 Å². The molecule has 10 atom stereocenters. The highest BCUT2D eigenvalue weighted by Crippen LogP contribution is 2.39. The lowest BCUT2D eigenvalue weighted by Crippen LogP contribution is -2.49. The number of Topliss-reactive ketones (excluding diaryl/α,β-unsaturated/α-hetero) is 2. The number of hydrogen-bond donors (Lipinski definition) is 3. The maximum absolute atomic E-state index is 13.4. The van der Waals surface area contributed by atoms with Crippen molar-refractivity contribution in [1.82, 2.24) is 10.6 Å². The second kappa shape index (κ2) is 32.2. The van der Waals surface area contributed by atoms with Gasteiger partial charge in [0.25, 0.3) is 0 Å². The summed E-state index contributed by atoms with van der Waals surface area (Å²) in [6, 6.07) is 0. The number of aliphatic hydroxyl groups excluding tert-OH is 1. The van der Waals surface area contributed by atoms with E-state index >= 15 is 0 Å². The van der Waals surface area contributed by atoms with E-state index in [0.717, 1.165) is 12.0 Å². The summed E-state index contributed by atoms with van der Waals surface area (Å²) in [6.45, 7) is 22.3. The van der Waals surface area contributed by atoms with Gasteiger partial charge in [0.1, 0.15) is 36.0 Å². The molecule has 77 heavy (non-hydrogen) atoms. The third-order valence-corrected chi connectivity index (χ3v) is 20.0. The van der Waals surface area contributed by atoms with Gasteiger partial charge in [-0.1, -0.05) is 97.1 Å². The largest absolute Gasteiger partial charge is 0.454 e. The number of ketones is 2. The summed E-state index contributed by atoms with van der Waals surface area (Å²) in [5, 5.41) is 15.4. The van der Waals surface area contributed by atoms with Gasteiger partial charge in [0.2, 0.25) is 23.6 Å². The monoisotopic (exact) mass is 1090 g/mol. The summed E-state index contributed by atoms with van der Waals surface area (Å²) in [7, 11) is 1.08. The summed E-state index contributed by atoms with van der Waals surface area (Å²) in [5.74, 6) is -3.76. The number of methoxy groups -OCH3 is 2. The molecule has 0 aromatic heterocycles. The molecule has 2 fully saturated rings. The second-order valence-corrected chi connectivity index (χ2v) is 27.8. The molecule has 0 spiro atoms. The Balaban J connectivity index is 0.000000412. The number of hydrogen-bond acceptors (Lipinski definition) is 14. The standard InChI is InChI=1S/C33H53NO7Si.C27H39NO7/c1-22-19-23(2)32(41-42(8,9)33(4,5)6)27(39-7)17-12-10-11-13-18-30(38)40-31(22)24(3)26(35)16-14-15-25-20-28(36)34-29(37)21-25;1-17-14-18(2)27(35-25(32)13-8-6-5-7-12-22(34-4)26(17)33)19(3)21(29)11-9-10-20-15-23(30)28-24(31)16-20/h12-13,17-19,23-25,27,31-32H,10-11,14-16,20-21H2,1-9H3,(H,34,36,37);7-8,12-14,17,19-20,22,26-27,33H,5-6,9-11,15-16H2,1-4H3,(H,28,30,31)/b17-12+,18-13+,22-19-;12-7+,13-8+,18-14-/t23-,24-,27+,31?,32+;17-,19-,22+,26+,27?/m11/s1. The number of aliphatic hydroxyl groups is 1. The number of nitrogens with one attached hydrogen (secondary N) is 2. The first-order valence-corrected chi connectivity index (χ1v) is 30.6. The zero-order valence-corrected chi connectivity index (χ0v) is 49.4. The summed E-state index contributed by atoms with van der Waals surface area (Å²) in [6.07, 6.45) is 21.6. The van der Waals surface area contributed by atoms with E-state index in [1.807, 2.05) is 32.1 Å². The molecule has 17 heteroatoms. The van der Waals surface area contributed by atoms with E-state index in [-0.39, 0.29) is 89.0 Å². The fourth-order valence-corrected chi connectivity index (χ4v) is 11.3. The average molecular weight is 1090 g/mol. The summed E-state index contributed by atoms with van der Waals surface area (Å²) < 4.78 is 29.9. The molecular formula is C60H92N2O14Si. The average Bonchev–Trinajstić information content (AvgIpc) is 3.34. The predicted molar refractivity (Wildman–Crippen MR) is 298 cm³/mol. The topological polar surface area (TPSA) is 227 Å². The van der Waals surface area contributed by atoms with Gasteiger partial charge < -0.3 is 28.5 Å². The van der Waals surface area contributed by atoms with E-state index in [2.05, 4.69) is 69.7 Å². The molecule has 0 bridgehead atoms. The van der Waals surface area contributed by atoms with Crippen molar-refractivity contribution >= 4 is 55.5 Å². The Morgan fingerprint density at radius 3 is 1.42 bits per heavy atom. The van der Waals surface area contributed by atoms with Crippen molar-refractivity contribution in [2.24, 2.45) is 35.5 Å². The first-order chi connectivity index (χ1) is 36.2. The molecule has 0 aliphatic carbocycles. The molecule has 2 saturated heterocycles. The Bertz CT molecular complexity index is 2190. The lowest BCUT2D eigenvalue weighted by Gasteiger charge is -2.42. The van der Waals surface area contributed by atoms with Gasteiger partial charge in [0.15, 0.2) is 8.32 Å². The van der Waals surface area contributed by atoms with Crippen LogP contribution in [0.5, 0.6) is 0 Å². The van der Waals surface area contributed by atoms with Crippen molar-refractivity contribution < 1.29 is 66.8 Å². The van der Waals surface area contributed by atoms with Gasteiger partial charge >= 0.3 is 11.9 Å². The Labute approximate surface area is 459 Å². The number of carbonyl (C=O) groups is 8. The fraction of sp³-hybridized carbons (Fsp3) is 0.667. The van der Waals surface area contributed by atoms with Crippen LogP contribution in [0.1, 0.15) is 152 Å². The molecule has 16 nitrogen and oxygen atoms in total. The third kappa shape index (κ3) is 22.4. The van der Waals surface area contributed by atoms with Crippen LogP contribution in [0.15, 0.2) is 71.9 Å². The van der Waals surface area contributed by atoms with E-state index < -0.39 is 56.5 Å². The van der Waals surface area contributed by atoms with Crippen LogP contribution in [-0.4, -0.2) is 111 Å². The molecule has 4 heterocycles. The number of allylic oxidation sites excluding steroid dienone is 4. The zero-order chi connectivity index (χ0) is 57.6. The maximum atomic E-state index is 13.4. The van der Waals surface area contributed by atoms with Crippen LogP contribution in [-0.2, 0) is 61.7 Å².